The van der Waals surface area contributed by atoms with Crippen LogP contribution in [0.25, 0.3) is 0 Å². The van der Waals surface area contributed by atoms with Gasteiger partial charge in [0.25, 0.3) is 0 Å². The predicted molar refractivity (Wildman–Crippen MR) is 57.9 cm³/mol. The van der Waals surface area contributed by atoms with Crippen molar-refractivity contribution >= 4 is 17.4 Å². The monoisotopic (exact) mass is 229 g/mol. The molecule has 5 heteroatoms. The molecule has 2 N–H and O–H groups in total. The number of phenolic OH excluding ortho intramolecular Hbond substituents is 1. The fourth-order valence-corrected chi connectivity index (χ4v) is 1.37. The van der Waals surface area contributed by atoms with E-state index in [2.05, 4.69) is 5.32 Å². The van der Waals surface area contributed by atoms with E-state index in [4.69, 9.17) is 16.3 Å². The van der Waals surface area contributed by atoms with Gasteiger partial charge in [0.15, 0.2) is 5.78 Å². The average molecular weight is 230 g/mol. The van der Waals surface area contributed by atoms with Crippen molar-refractivity contribution in [1.29, 1.82) is 0 Å². The van der Waals surface area contributed by atoms with Crippen molar-refractivity contribution in [3.8, 4) is 11.5 Å². The molecule has 0 heterocycles. The number of likely N-dealkylation sites (N-methyl/N-ethyl adjacent to an activating group) is 1. The molecule has 0 fully saturated rings. The molecule has 1 aromatic rings. The first-order chi connectivity index (χ1) is 7.10. The molecular weight excluding hydrogens is 218 g/mol. The van der Waals surface area contributed by atoms with Crippen LogP contribution in [0.1, 0.15) is 10.4 Å². The van der Waals surface area contributed by atoms with Gasteiger partial charge in [-0.2, -0.15) is 0 Å². The number of phenols is 1. The molecule has 0 saturated carbocycles. The van der Waals surface area contributed by atoms with E-state index in [1.54, 1.807) is 7.05 Å². The molecule has 0 saturated heterocycles. The number of hydrogen-bond acceptors (Lipinski definition) is 4. The van der Waals surface area contributed by atoms with Crippen molar-refractivity contribution in [2.75, 3.05) is 20.7 Å². The summed E-state index contributed by atoms with van der Waals surface area (Å²) in [6, 6.07) is 2.91. The fourth-order valence-electron chi connectivity index (χ4n) is 1.16. The standard InChI is InChI=1S/C10H12ClNO3/c1-12-5-9(13)7-3-6(15-2)4-8(11)10(7)14/h3-4,12,14H,5H2,1-2H3. The summed E-state index contributed by atoms with van der Waals surface area (Å²) in [7, 11) is 3.12. The van der Waals surface area contributed by atoms with Crippen LogP contribution in [0.2, 0.25) is 5.02 Å². The molecule has 0 aliphatic rings. The normalized spacial score (nSPS) is 10.1. The molecule has 0 aliphatic heterocycles. The zero-order chi connectivity index (χ0) is 11.4. The van der Waals surface area contributed by atoms with Crippen molar-refractivity contribution in [3.63, 3.8) is 0 Å². The summed E-state index contributed by atoms with van der Waals surface area (Å²) in [6.45, 7) is 0.136. The number of ether oxygens (including phenoxy) is 1. The van der Waals surface area contributed by atoms with Gasteiger partial charge in [-0.05, 0) is 13.1 Å². The van der Waals surface area contributed by atoms with Gasteiger partial charge in [-0.15, -0.1) is 0 Å². The van der Waals surface area contributed by atoms with Gasteiger partial charge in [-0.1, -0.05) is 11.6 Å². The van der Waals surface area contributed by atoms with Gasteiger partial charge < -0.3 is 15.2 Å². The van der Waals surface area contributed by atoms with E-state index in [-0.39, 0.29) is 28.7 Å². The molecule has 4 nitrogen and oxygen atoms in total. The number of rotatable bonds is 4. The number of carbonyl (C=O) groups excluding carboxylic acids is 1. The minimum absolute atomic E-state index is 0.105. The topological polar surface area (TPSA) is 58.6 Å². The Morgan fingerprint density at radius 2 is 2.27 bits per heavy atom. The number of benzene rings is 1. The third kappa shape index (κ3) is 2.61. The summed E-state index contributed by atoms with van der Waals surface area (Å²) < 4.78 is 4.95. The Hall–Kier alpha value is -1.26. The number of nitrogens with one attached hydrogen (secondary N) is 1. The fraction of sp³-hybridized carbons (Fsp3) is 0.300. The third-order valence-corrected chi connectivity index (χ3v) is 2.20. The van der Waals surface area contributed by atoms with Gasteiger partial charge in [-0.25, -0.2) is 0 Å². The molecule has 0 radical (unpaired) electrons. The van der Waals surface area contributed by atoms with Crippen molar-refractivity contribution in [2.24, 2.45) is 0 Å². The summed E-state index contributed by atoms with van der Waals surface area (Å²) >= 11 is 5.74. The highest BCUT2D eigenvalue weighted by molar-refractivity contribution is 6.32. The lowest BCUT2D eigenvalue weighted by Crippen LogP contribution is -2.18. The van der Waals surface area contributed by atoms with Gasteiger partial charge >= 0.3 is 0 Å². The summed E-state index contributed by atoms with van der Waals surface area (Å²) in [4.78, 5) is 11.5. The van der Waals surface area contributed by atoms with Crippen LogP contribution in [0.4, 0.5) is 0 Å². The largest absolute Gasteiger partial charge is 0.506 e. The van der Waals surface area contributed by atoms with E-state index in [9.17, 15) is 9.90 Å². The number of halogens is 1. The minimum atomic E-state index is -0.240. The van der Waals surface area contributed by atoms with E-state index in [0.717, 1.165) is 0 Å². The van der Waals surface area contributed by atoms with E-state index in [0.29, 0.717) is 5.75 Å². The van der Waals surface area contributed by atoms with Gasteiger partial charge in [-0.3, -0.25) is 4.79 Å². The van der Waals surface area contributed by atoms with Gasteiger partial charge in [0.05, 0.1) is 24.2 Å². The molecule has 0 atom stereocenters. The first-order valence-electron chi connectivity index (χ1n) is 4.34. The second kappa shape index (κ2) is 5.00. The van der Waals surface area contributed by atoms with Crippen molar-refractivity contribution in [1.82, 2.24) is 5.32 Å². The van der Waals surface area contributed by atoms with Gasteiger partial charge in [0.1, 0.15) is 11.5 Å². The maximum atomic E-state index is 11.5. The smallest absolute Gasteiger partial charge is 0.180 e. The van der Waals surface area contributed by atoms with Crippen LogP contribution in [0.5, 0.6) is 11.5 Å². The second-order valence-corrected chi connectivity index (χ2v) is 3.37. The summed E-state index contributed by atoms with van der Waals surface area (Å²) in [5.41, 5.74) is 0.161. The molecule has 0 aliphatic carbocycles. The van der Waals surface area contributed by atoms with E-state index >= 15 is 0 Å². The van der Waals surface area contributed by atoms with Crippen molar-refractivity contribution < 1.29 is 14.6 Å². The molecule has 0 aromatic heterocycles. The van der Waals surface area contributed by atoms with Crippen LogP contribution in [0.15, 0.2) is 12.1 Å². The molecule has 15 heavy (non-hydrogen) atoms. The number of Topliss-reactive ketones (excluding diaryl/α,β-unsaturated/α-hetero) is 1. The highest BCUT2D eigenvalue weighted by Crippen LogP contribution is 2.32. The summed E-state index contributed by atoms with van der Waals surface area (Å²) in [5, 5.41) is 12.4. The number of carbonyl (C=O) groups is 1. The van der Waals surface area contributed by atoms with Crippen molar-refractivity contribution in [2.45, 2.75) is 0 Å². The number of hydrogen-bond donors (Lipinski definition) is 2. The molecule has 1 rings (SSSR count). The molecule has 1 aromatic carbocycles. The zero-order valence-corrected chi connectivity index (χ0v) is 9.26. The highest BCUT2D eigenvalue weighted by atomic mass is 35.5. The molecule has 82 valence electrons. The van der Waals surface area contributed by atoms with Crippen LogP contribution in [-0.2, 0) is 0 Å². The zero-order valence-electron chi connectivity index (χ0n) is 8.50. The Labute approximate surface area is 92.8 Å². The summed E-state index contributed by atoms with van der Waals surface area (Å²) in [5.74, 6) is -0.00855. The van der Waals surface area contributed by atoms with E-state index < -0.39 is 0 Å². The van der Waals surface area contributed by atoms with E-state index in [1.807, 2.05) is 0 Å². The molecule has 0 spiro atoms. The Kier molecular flexibility index (Phi) is 3.94. The lowest BCUT2D eigenvalue weighted by molar-refractivity contribution is 0.0990. The predicted octanol–water partition coefficient (Wildman–Crippen LogP) is 1.46. The van der Waals surface area contributed by atoms with Crippen LogP contribution in [0.3, 0.4) is 0 Å². The number of aromatic hydroxyl groups is 1. The van der Waals surface area contributed by atoms with Gasteiger partial charge in [0, 0.05) is 6.07 Å². The van der Waals surface area contributed by atoms with Crippen molar-refractivity contribution in [3.05, 3.63) is 22.7 Å². The first kappa shape index (κ1) is 11.8. The van der Waals surface area contributed by atoms with Crippen LogP contribution < -0.4 is 10.1 Å². The summed E-state index contributed by atoms with van der Waals surface area (Å²) in [6.07, 6.45) is 0. The lowest BCUT2D eigenvalue weighted by Gasteiger charge is -2.08. The van der Waals surface area contributed by atoms with Crippen LogP contribution >= 0.6 is 11.6 Å². The Morgan fingerprint density at radius 3 is 2.80 bits per heavy atom. The highest BCUT2D eigenvalue weighted by Gasteiger charge is 2.15. The molecule has 0 amide bonds. The molecular formula is C10H12ClNO3. The lowest BCUT2D eigenvalue weighted by atomic mass is 10.1. The quantitative estimate of drug-likeness (QED) is 0.768. The first-order valence-corrected chi connectivity index (χ1v) is 4.72. The van der Waals surface area contributed by atoms with Crippen LogP contribution in [0, 0.1) is 0 Å². The molecule has 0 unspecified atom stereocenters. The number of methoxy groups -OCH3 is 1. The molecule has 0 bridgehead atoms. The third-order valence-electron chi connectivity index (χ3n) is 1.91. The average Bonchev–Trinajstić information content (AvgIpc) is 2.22. The van der Waals surface area contributed by atoms with E-state index in [1.165, 1.54) is 19.2 Å². The van der Waals surface area contributed by atoms with Gasteiger partial charge in [0.2, 0.25) is 0 Å². The maximum absolute atomic E-state index is 11.5. The van der Waals surface area contributed by atoms with Crippen LogP contribution in [-0.4, -0.2) is 31.6 Å². The minimum Gasteiger partial charge on any atom is -0.506 e. The SMILES string of the molecule is CNCC(=O)c1cc(OC)cc(Cl)c1O. The Bertz CT molecular complexity index is 379. The number of ketones is 1. The second-order valence-electron chi connectivity index (χ2n) is 2.96. The Morgan fingerprint density at radius 1 is 1.60 bits per heavy atom. The Balaban J connectivity index is 3.15. The maximum Gasteiger partial charge on any atom is 0.180 e.